The SMILES string of the molecule is Cc1cc(C(C)(C)C)ccc1-c1ccc2cc(C(C)(C)C)ccc2c1. The largest absolute Gasteiger partial charge is 0.0579 e. The molecule has 0 nitrogen and oxygen atoms in total. The van der Waals surface area contributed by atoms with E-state index < -0.39 is 0 Å². The highest BCUT2D eigenvalue weighted by atomic mass is 14.2. The Hall–Kier alpha value is -2.08. The van der Waals surface area contributed by atoms with Crippen molar-refractivity contribution in [3.05, 3.63) is 71.3 Å². The highest BCUT2D eigenvalue weighted by Gasteiger charge is 2.16. The van der Waals surface area contributed by atoms with Crippen LogP contribution in [0.5, 0.6) is 0 Å². The highest BCUT2D eigenvalue weighted by molar-refractivity contribution is 5.88. The zero-order valence-corrected chi connectivity index (χ0v) is 16.7. The minimum atomic E-state index is 0.187. The van der Waals surface area contributed by atoms with Crippen molar-refractivity contribution in [3.8, 4) is 11.1 Å². The van der Waals surface area contributed by atoms with Gasteiger partial charge in [-0.3, -0.25) is 0 Å². The van der Waals surface area contributed by atoms with Crippen molar-refractivity contribution >= 4 is 10.8 Å². The number of hydrogen-bond acceptors (Lipinski definition) is 0. The lowest BCUT2D eigenvalue weighted by Gasteiger charge is -2.21. The summed E-state index contributed by atoms with van der Waals surface area (Å²) in [7, 11) is 0. The van der Waals surface area contributed by atoms with Crippen molar-refractivity contribution in [1.82, 2.24) is 0 Å². The number of benzene rings is 3. The molecule has 0 spiro atoms. The highest BCUT2D eigenvalue weighted by Crippen LogP contribution is 2.32. The Morgan fingerprint density at radius 2 is 1.08 bits per heavy atom. The summed E-state index contributed by atoms with van der Waals surface area (Å²) in [5.74, 6) is 0. The van der Waals surface area contributed by atoms with Crippen molar-refractivity contribution in [2.75, 3.05) is 0 Å². The Morgan fingerprint density at radius 3 is 1.68 bits per heavy atom. The molecular formula is C25H30. The minimum Gasteiger partial charge on any atom is -0.0579 e. The van der Waals surface area contributed by atoms with Crippen molar-refractivity contribution < 1.29 is 0 Å². The van der Waals surface area contributed by atoms with Crippen LogP contribution in [0.1, 0.15) is 58.2 Å². The van der Waals surface area contributed by atoms with Crippen molar-refractivity contribution in [3.63, 3.8) is 0 Å². The summed E-state index contributed by atoms with van der Waals surface area (Å²) >= 11 is 0. The smallest absolute Gasteiger partial charge is 0.0132 e. The molecule has 0 aliphatic rings. The maximum atomic E-state index is 2.34. The van der Waals surface area contributed by atoms with Crippen LogP contribution < -0.4 is 0 Å². The first-order valence-corrected chi connectivity index (χ1v) is 9.21. The molecule has 3 aromatic carbocycles. The standard InChI is InChI=1S/C25H30/c1-17-14-21(24(2,3)4)12-13-23(17)20-9-8-19-16-22(25(5,6)7)11-10-18(19)15-20/h8-16H,1-7H3. The molecule has 0 N–H and O–H groups in total. The Labute approximate surface area is 152 Å². The van der Waals surface area contributed by atoms with Gasteiger partial charge in [-0.15, -0.1) is 0 Å². The predicted octanol–water partition coefficient (Wildman–Crippen LogP) is 7.41. The molecule has 0 unspecified atom stereocenters. The minimum absolute atomic E-state index is 0.187. The summed E-state index contributed by atoms with van der Waals surface area (Å²) in [4.78, 5) is 0. The van der Waals surface area contributed by atoms with Gasteiger partial charge in [-0.2, -0.15) is 0 Å². The molecule has 3 rings (SSSR count). The second-order valence-electron chi connectivity index (χ2n) is 9.31. The number of fused-ring (bicyclic) bond motifs is 1. The van der Waals surface area contributed by atoms with Crippen LogP contribution in [0.15, 0.2) is 54.6 Å². The second-order valence-corrected chi connectivity index (χ2v) is 9.31. The van der Waals surface area contributed by atoms with Gasteiger partial charge in [0.1, 0.15) is 0 Å². The zero-order chi connectivity index (χ0) is 18.4. The van der Waals surface area contributed by atoms with Crippen LogP contribution in [-0.2, 0) is 10.8 Å². The zero-order valence-electron chi connectivity index (χ0n) is 16.7. The fourth-order valence-corrected chi connectivity index (χ4v) is 3.33. The third-order valence-corrected chi connectivity index (χ3v) is 5.11. The third-order valence-electron chi connectivity index (χ3n) is 5.11. The maximum Gasteiger partial charge on any atom is -0.0132 e. The van der Waals surface area contributed by atoms with Gasteiger partial charge in [0.15, 0.2) is 0 Å². The second kappa shape index (κ2) is 6.02. The molecule has 0 heterocycles. The van der Waals surface area contributed by atoms with Crippen LogP contribution in [0.3, 0.4) is 0 Å². The lowest BCUT2D eigenvalue weighted by molar-refractivity contribution is 0.590. The van der Waals surface area contributed by atoms with E-state index in [1.54, 1.807) is 0 Å². The molecule has 0 aliphatic heterocycles. The molecule has 0 saturated heterocycles. The Bertz CT molecular complexity index is 915. The summed E-state index contributed by atoms with van der Waals surface area (Å²) in [6.45, 7) is 15.8. The van der Waals surface area contributed by atoms with Crippen molar-refractivity contribution in [2.24, 2.45) is 0 Å². The van der Waals surface area contributed by atoms with Crippen LogP contribution in [0.4, 0.5) is 0 Å². The molecule has 0 saturated carbocycles. The van der Waals surface area contributed by atoms with E-state index in [1.807, 2.05) is 0 Å². The molecule has 25 heavy (non-hydrogen) atoms. The van der Waals surface area contributed by atoms with E-state index in [9.17, 15) is 0 Å². The van der Waals surface area contributed by atoms with E-state index in [-0.39, 0.29) is 10.8 Å². The molecule has 0 aromatic heterocycles. The molecule has 0 fully saturated rings. The Kier molecular flexibility index (Phi) is 4.27. The molecule has 130 valence electrons. The summed E-state index contributed by atoms with van der Waals surface area (Å²) < 4.78 is 0. The lowest BCUT2D eigenvalue weighted by atomic mass is 9.84. The van der Waals surface area contributed by atoms with Gasteiger partial charge in [-0.1, -0.05) is 90.1 Å². The van der Waals surface area contributed by atoms with Gasteiger partial charge in [0.25, 0.3) is 0 Å². The van der Waals surface area contributed by atoms with Gasteiger partial charge in [-0.25, -0.2) is 0 Å². The fraction of sp³-hybridized carbons (Fsp3) is 0.360. The molecule has 0 amide bonds. The number of aryl methyl sites for hydroxylation is 1. The van der Waals surface area contributed by atoms with Crippen molar-refractivity contribution in [1.29, 1.82) is 0 Å². The Balaban J connectivity index is 2.05. The topological polar surface area (TPSA) is 0 Å². The van der Waals surface area contributed by atoms with Crippen LogP contribution >= 0.6 is 0 Å². The monoisotopic (exact) mass is 330 g/mol. The van der Waals surface area contributed by atoms with Crippen LogP contribution in [0.25, 0.3) is 21.9 Å². The van der Waals surface area contributed by atoms with Crippen LogP contribution in [-0.4, -0.2) is 0 Å². The number of hydrogen-bond donors (Lipinski definition) is 0. The molecule has 0 aliphatic carbocycles. The van der Waals surface area contributed by atoms with Gasteiger partial charge in [0.05, 0.1) is 0 Å². The van der Waals surface area contributed by atoms with Crippen LogP contribution in [0.2, 0.25) is 0 Å². The van der Waals surface area contributed by atoms with Gasteiger partial charge in [0, 0.05) is 0 Å². The quantitative estimate of drug-likeness (QED) is 0.436. The predicted molar refractivity (Wildman–Crippen MR) is 112 cm³/mol. The molecule has 0 radical (unpaired) electrons. The van der Waals surface area contributed by atoms with Crippen LogP contribution in [0, 0.1) is 6.92 Å². The average Bonchev–Trinajstić information content (AvgIpc) is 2.52. The van der Waals surface area contributed by atoms with E-state index >= 15 is 0 Å². The molecule has 0 bridgehead atoms. The lowest BCUT2D eigenvalue weighted by Crippen LogP contribution is -2.11. The number of rotatable bonds is 1. The molecule has 3 aromatic rings. The summed E-state index contributed by atoms with van der Waals surface area (Å²) in [5.41, 5.74) is 7.13. The first kappa shape index (κ1) is 17.7. The summed E-state index contributed by atoms with van der Waals surface area (Å²) in [5, 5.41) is 2.63. The summed E-state index contributed by atoms with van der Waals surface area (Å²) in [6, 6.07) is 20.6. The van der Waals surface area contributed by atoms with E-state index in [2.05, 4.69) is 103 Å². The van der Waals surface area contributed by atoms with Gasteiger partial charge >= 0.3 is 0 Å². The molecular weight excluding hydrogens is 300 g/mol. The van der Waals surface area contributed by atoms with Gasteiger partial charge in [-0.05, 0) is 62.4 Å². The normalized spacial score (nSPS) is 12.6. The first-order valence-electron chi connectivity index (χ1n) is 9.21. The maximum absolute atomic E-state index is 2.34. The first-order chi connectivity index (χ1) is 11.6. The van der Waals surface area contributed by atoms with Crippen molar-refractivity contribution in [2.45, 2.75) is 59.3 Å². The Morgan fingerprint density at radius 1 is 0.560 bits per heavy atom. The van der Waals surface area contributed by atoms with E-state index in [1.165, 1.54) is 38.6 Å². The van der Waals surface area contributed by atoms with E-state index in [4.69, 9.17) is 0 Å². The average molecular weight is 331 g/mol. The summed E-state index contributed by atoms with van der Waals surface area (Å²) in [6.07, 6.45) is 0. The van der Waals surface area contributed by atoms with E-state index in [0.29, 0.717) is 0 Å². The van der Waals surface area contributed by atoms with E-state index in [0.717, 1.165) is 0 Å². The molecule has 0 atom stereocenters. The van der Waals surface area contributed by atoms with Gasteiger partial charge < -0.3 is 0 Å². The third kappa shape index (κ3) is 3.63. The molecule has 0 heteroatoms. The van der Waals surface area contributed by atoms with Gasteiger partial charge in [0.2, 0.25) is 0 Å². The fourth-order valence-electron chi connectivity index (χ4n) is 3.33.